The number of nitrogens with two attached hydrogens (primary N) is 1. The molecule has 0 fully saturated rings. The number of nitrogen functional groups attached to an aromatic ring is 1. The van der Waals surface area contributed by atoms with Crippen LogP contribution in [-0.2, 0) is 0 Å². The molecule has 4 heteroatoms. The van der Waals surface area contributed by atoms with Crippen molar-refractivity contribution in [3.05, 3.63) is 35.7 Å². The normalized spacial score (nSPS) is 11.4. The molecule has 3 rings (SSSR count). The maximum atomic E-state index is 5.94. The van der Waals surface area contributed by atoms with Crippen molar-refractivity contribution in [2.24, 2.45) is 0 Å². The van der Waals surface area contributed by atoms with Gasteiger partial charge in [-0.1, -0.05) is 24.3 Å². The predicted octanol–water partition coefficient (Wildman–Crippen LogP) is 2.08. The summed E-state index contributed by atoms with van der Waals surface area (Å²) < 4.78 is 1.81. The number of anilines is 1. The zero-order chi connectivity index (χ0) is 11.3. The summed E-state index contributed by atoms with van der Waals surface area (Å²) in [5.41, 5.74) is 8.84. The first kappa shape index (κ1) is 9.15. The van der Waals surface area contributed by atoms with Gasteiger partial charge in [0.05, 0.1) is 11.4 Å². The van der Waals surface area contributed by atoms with Gasteiger partial charge in [-0.2, -0.15) is 0 Å². The van der Waals surface area contributed by atoms with Crippen LogP contribution in [0.2, 0.25) is 0 Å². The lowest BCUT2D eigenvalue weighted by Crippen LogP contribution is -2.01. The van der Waals surface area contributed by atoms with E-state index in [-0.39, 0.29) is 0 Å². The third kappa shape index (κ3) is 1.04. The van der Waals surface area contributed by atoms with Crippen LogP contribution in [0, 0.1) is 13.8 Å². The molecule has 0 bridgehead atoms. The van der Waals surface area contributed by atoms with Gasteiger partial charge in [0.1, 0.15) is 0 Å². The topological polar surface area (TPSA) is 56.2 Å². The molecule has 0 saturated carbocycles. The van der Waals surface area contributed by atoms with Crippen LogP contribution < -0.4 is 5.73 Å². The second-order valence-electron chi connectivity index (χ2n) is 3.95. The van der Waals surface area contributed by atoms with E-state index in [2.05, 4.69) is 10.1 Å². The van der Waals surface area contributed by atoms with Crippen molar-refractivity contribution in [3.8, 4) is 0 Å². The minimum absolute atomic E-state index is 0.545. The van der Waals surface area contributed by atoms with Gasteiger partial charge in [0.25, 0.3) is 0 Å². The molecule has 1 aromatic carbocycles. The quantitative estimate of drug-likeness (QED) is 0.620. The summed E-state index contributed by atoms with van der Waals surface area (Å²) in [7, 11) is 0. The fourth-order valence-electron chi connectivity index (χ4n) is 1.96. The summed E-state index contributed by atoms with van der Waals surface area (Å²) in [4.78, 5) is 4.53. The zero-order valence-electron chi connectivity index (χ0n) is 9.23. The molecule has 3 aromatic rings. The Balaban J connectivity index is 2.64. The number of aryl methyl sites for hydroxylation is 2. The number of benzene rings is 1. The predicted molar refractivity (Wildman–Crippen MR) is 64.4 cm³/mol. The maximum absolute atomic E-state index is 5.94. The largest absolute Gasteiger partial charge is 0.382 e. The molecular formula is C12H12N4. The number of hydrogen-bond donors (Lipinski definition) is 1. The van der Waals surface area contributed by atoms with Crippen molar-refractivity contribution in [2.75, 3.05) is 5.73 Å². The average molecular weight is 212 g/mol. The van der Waals surface area contributed by atoms with Gasteiger partial charge in [-0.25, -0.2) is 9.50 Å². The Hall–Kier alpha value is -2.10. The minimum atomic E-state index is 0.545. The Kier molecular flexibility index (Phi) is 1.68. The molecule has 2 aromatic heterocycles. The summed E-state index contributed by atoms with van der Waals surface area (Å²) >= 11 is 0. The van der Waals surface area contributed by atoms with Crippen LogP contribution >= 0.6 is 0 Å². The molecule has 0 aliphatic rings. The monoisotopic (exact) mass is 212 g/mol. The number of nitrogens with zero attached hydrogens (tertiary/aromatic N) is 3. The summed E-state index contributed by atoms with van der Waals surface area (Å²) in [6.07, 6.45) is 0. The molecule has 2 N–H and O–H groups in total. The fourth-order valence-corrected chi connectivity index (χ4v) is 1.96. The van der Waals surface area contributed by atoms with Crippen molar-refractivity contribution in [2.45, 2.75) is 13.8 Å². The first-order chi connectivity index (χ1) is 7.68. The van der Waals surface area contributed by atoms with Crippen molar-refractivity contribution in [1.82, 2.24) is 14.6 Å². The molecule has 0 aliphatic heterocycles. The van der Waals surface area contributed by atoms with Gasteiger partial charge in [0.15, 0.2) is 11.5 Å². The summed E-state index contributed by atoms with van der Waals surface area (Å²) in [6, 6.07) is 7.94. The third-order valence-corrected chi connectivity index (χ3v) is 2.97. The Morgan fingerprint density at radius 2 is 1.81 bits per heavy atom. The standard InChI is InChI=1S/C12H12N4/c1-7-8(2)16-12(14-7)10-6-4-3-5-9(10)11(13)15-16/h3-6H,1-2H3,(H2,13,15). The average Bonchev–Trinajstić information content (AvgIpc) is 2.57. The first-order valence-electron chi connectivity index (χ1n) is 5.18. The third-order valence-electron chi connectivity index (χ3n) is 2.97. The van der Waals surface area contributed by atoms with E-state index in [9.17, 15) is 0 Å². The molecule has 0 saturated heterocycles. The molecule has 2 heterocycles. The van der Waals surface area contributed by atoms with Gasteiger partial charge in [-0.15, -0.1) is 5.10 Å². The Morgan fingerprint density at radius 1 is 1.12 bits per heavy atom. The number of aromatic nitrogens is 3. The highest BCUT2D eigenvalue weighted by Gasteiger charge is 2.10. The SMILES string of the molecule is Cc1nc2c3ccccc3c(N)nn2c1C. The van der Waals surface area contributed by atoms with E-state index in [0.717, 1.165) is 27.8 Å². The lowest BCUT2D eigenvalue weighted by molar-refractivity contribution is 0.912. The van der Waals surface area contributed by atoms with Crippen LogP contribution in [0.4, 0.5) is 5.82 Å². The molecule has 80 valence electrons. The van der Waals surface area contributed by atoms with E-state index in [4.69, 9.17) is 5.73 Å². The summed E-state index contributed by atoms with van der Waals surface area (Å²) in [5.74, 6) is 0.545. The zero-order valence-corrected chi connectivity index (χ0v) is 9.23. The molecule has 0 amide bonds. The molecule has 0 spiro atoms. The highest BCUT2D eigenvalue weighted by atomic mass is 15.3. The Labute approximate surface area is 92.7 Å². The van der Waals surface area contributed by atoms with Crippen LogP contribution in [0.3, 0.4) is 0 Å². The molecule has 0 unspecified atom stereocenters. The van der Waals surface area contributed by atoms with Gasteiger partial charge < -0.3 is 5.73 Å². The lowest BCUT2D eigenvalue weighted by atomic mass is 10.2. The van der Waals surface area contributed by atoms with E-state index >= 15 is 0 Å². The molecular weight excluding hydrogens is 200 g/mol. The van der Waals surface area contributed by atoms with E-state index in [1.165, 1.54) is 0 Å². The van der Waals surface area contributed by atoms with Crippen LogP contribution in [0.5, 0.6) is 0 Å². The van der Waals surface area contributed by atoms with Crippen molar-refractivity contribution < 1.29 is 0 Å². The summed E-state index contributed by atoms with van der Waals surface area (Å²) in [5, 5.41) is 6.36. The molecule has 0 atom stereocenters. The van der Waals surface area contributed by atoms with Crippen molar-refractivity contribution in [1.29, 1.82) is 0 Å². The smallest absolute Gasteiger partial charge is 0.162 e. The van der Waals surface area contributed by atoms with Gasteiger partial charge in [-0.3, -0.25) is 0 Å². The summed E-state index contributed by atoms with van der Waals surface area (Å²) in [6.45, 7) is 3.98. The van der Waals surface area contributed by atoms with Gasteiger partial charge in [0.2, 0.25) is 0 Å². The Bertz CT molecular complexity index is 697. The molecule has 16 heavy (non-hydrogen) atoms. The molecule has 0 radical (unpaired) electrons. The maximum Gasteiger partial charge on any atom is 0.162 e. The fraction of sp³-hybridized carbons (Fsp3) is 0.167. The highest BCUT2D eigenvalue weighted by molar-refractivity contribution is 5.99. The van der Waals surface area contributed by atoms with Crippen molar-refractivity contribution >= 4 is 22.2 Å². The van der Waals surface area contributed by atoms with E-state index in [1.807, 2.05) is 42.6 Å². The lowest BCUT2D eigenvalue weighted by Gasteiger charge is -2.03. The van der Waals surface area contributed by atoms with E-state index in [1.54, 1.807) is 0 Å². The first-order valence-corrected chi connectivity index (χ1v) is 5.18. The van der Waals surface area contributed by atoms with Gasteiger partial charge in [-0.05, 0) is 13.8 Å². The van der Waals surface area contributed by atoms with Crippen LogP contribution in [0.1, 0.15) is 11.4 Å². The van der Waals surface area contributed by atoms with Crippen LogP contribution in [0.25, 0.3) is 16.4 Å². The number of rotatable bonds is 0. The van der Waals surface area contributed by atoms with Crippen LogP contribution in [0.15, 0.2) is 24.3 Å². The second kappa shape index (κ2) is 2.95. The second-order valence-corrected chi connectivity index (χ2v) is 3.95. The minimum Gasteiger partial charge on any atom is -0.382 e. The van der Waals surface area contributed by atoms with Gasteiger partial charge >= 0.3 is 0 Å². The van der Waals surface area contributed by atoms with E-state index < -0.39 is 0 Å². The van der Waals surface area contributed by atoms with Crippen molar-refractivity contribution in [3.63, 3.8) is 0 Å². The highest BCUT2D eigenvalue weighted by Crippen LogP contribution is 2.24. The van der Waals surface area contributed by atoms with E-state index in [0.29, 0.717) is 5.82 Å². The van der Waals surface area contributed by atoms with Crippen LogP contribution in [-0.4, -0.2) is 14.6 Å². The van der Waals surface area contributed by atoms with Gasteiger partial charge in [0, 0.05) is 10.8 Å². The molecule has 4 nitrogen and oxygen atoms in total. The number of hydrogen-bond acceptors (Lipinski definition) is 3. The Morgan fingerprint density at radius 3 is 2.56 bits per heavy atom. The molecule has 0 aliphatic carbocycles. The number of imidazole rings is 1. The number of fused-ring (bicyclic) bond motifs is 3.